The van der Waals surface area contributed by atoms with Crippen molar-refractivity contribution in [2.45, 2.75) is 43.8 Å². The molecule has 6 nitrogen and oxygen atoms in total. The summed E-state index contributed by atoms with van der Waals surface area (Å²) < 4.78 is 41.0. The monoisotopic (exact) mass is 388 g/mol. The molecule has 0 bridgehead atoms. The molecule has 1 aliphatic carbocycles. The highest BCUT2D eigenvalue weighted by atomic mass is 19.4. The molecule has 3 aromatic heterocycles. The van der Waals surface area contributed by atoms with Crippen molar-refractivity contribution >= 4 is 17.7 Å². The van der Waals surface area contributed by atoms with Gasteiger partial charge in [0.15, 0.2) is 5.65 Å². The molecule has 3 aromatic rings. The van der Waals surface area contributed by atoms with Crippen LogP contribution in [0.5, 0.6) is 0 Å². The third-order valence-electron chi connectivity index (χ3n) is 5.03. The normalized spacial score (nSPS) is 20.2. The van der Waals surface area contributed by atoms with Gasteiger partial charge in [0.2, 0.25) is 5.95 Å². The summed E-state index contributed by atoms with van der Waals surface area (Å²) in [6.45, 7) is 3.43. The molecule has 0 spiro atoms. The van der Waals surface area contributed by atoms with Crippen LogP contribution in [0.15, 0.2) is 37.2 Å². The second-order valence-electron chi connectivity index (χ2n) is 6.89. The van der Waals surface area contributed by atoms with E-state index in [4.69, 9.17) is 0 Å². The number of rotatable bonds is 4. The smallest absolute Gasteiger partial charge is 0.351 e. The SMILES string of the molecule is C=Cc1nc(N[C@@H]2CCC[C@H](c3nnc4ccccn34)C2)ncc1C(F)(F)F. The number of fused-ring (bicyclic) bond motifs is 1. The van der Waals surface area contributed by atoms with Crippen LogP contribution in [0.1, 0.15) is 48.7 Å². The topological polar surface area (TPSA) is 68.0 Å². The van der Waals surface area contributed by atoms with E-state index >= 15 is 0 Å². The summed E-state index contributed by atoms with van der Waals surface area (Å²) >= 11 is 0. The Balaban J connectivity index is 1.52. The van der Waals surface area contributed by atoms with Crippen molar-refractivity contribution in [2.75, 3.05) is 5.32 Å². The number of pyridine rings is 1. The van der Waals surface area contributed by atoms with Crippen LogP contribution >= 0.6 is 0 Å². The van der Waals surface area contributed by atoms with Crippen LogP contribution in [0.4, 0.5) is 19.1 Å². The molecule has 0 aliphatic heterocycles. The summed E-state index contributed by atoms with van der Waals surface area (Å²) in [6.07, 6.45) is 2.97. The molecule has 0 aromatic carbocycles. The van der Waals surface area contributed by atoms with Crippen LogP contribution < -0.4 is 5.32 Å². The Bertz CT molecular complexity index is 997. The van der Waals surface area contributed by atoms with Gasteiger partial charge >= 0.3 is 6.18 Å². The van der Waals surface area contributed by atoms with Gasteiger partial charge in [0, 0.05) is 24.4 Å². The first-order valence-electron chi connectivity index (χ1n) is 9.08. The third kappa shape index (κ3) is 3.56. The van der Waals surface area contributed by atoms with Crippen LogP contribution in [-0.2, 0) is 6.18 Å². The highest BCUT2D eigenvalue weighted by molar-refractivity contribution is 5.50. The van der Waals surface area contributed by atoms with E-state index in [1.165, 1.54) is 0 Å². The minimum Gasteiger partial charge on any atom is -0.351 e. The van der Waals surface area contributed by atoms with Crippen LogP contribution in [0.3, 0.4) is 0 Å². The zero-order chi connectivity index (χ0) is 19.7. The predicted octanol–water partition coefficient (Wildman–Crippen LogP) is 4.32. The first-order valence-corrected chi connectivity index (χ1v) is 9.08. The molecule has 4 rings (SSSR count). The Morgan fingerprint density at radius 1 is 1.21 bits per heavy atom. The predicted molar refractivity (Wildman–Crippen MR) is 98.7 cm³/mol. The summed E-state index contributed by atoms with van der Waals surface area (Å²) in [5, 5.41) is 11.7. The number of halogens is 3. The summed E-state index contributed by atoms with van der Waals surface area (Å²) in [4.78, 5) is 7.86. The van der Waals surface area contributed by atoms with Crippen LogP contribution in [-0.4, -0.2) is 30.6 Å². The first-order chi connectivity index (χ1) is 13.5. The summed E-state index contributed by atoms with van der Waals surface area (Å²) in [5.41, 5.74) is -0.306. The maximum atomic E-state index is 13.0. The molecule has 1 saturated carbocycles. The molecule has 3 heterocycles. The van der Waals surface area contributed by atoms with Gasteiger partial charge in [-0.25, -0.2) is 9.97 Å². The van der Waals surface area contributed by atoms with Gasteiger partial charge in [-0.3, -0.25) is 4.40 Å². The van der Waals surface area contributed by atoms with Crippen molar-refractivity contribution in [1.29, 1.82) is 0 Å². The molecule has 146 valence electrons. The number of hydrogen-bond acceptors (Lipinski definition) is 5. The second kappa shape index (κ2) is 7.21. The molecule has 1 fully saturated rings. The van der Waals surface area contributed by atoms with E-state index in [9.17, 15) is 13.2 Å². The van der Waals surface area contributed by atoms with E-state index in [1.807, 2.05) is 28.8 Å². The summed E-state index contributed by atoms with van der Waals surface area (Å²) in [7, 11) is 0. The fraction of sp³-hybridized carbons (Fsp3) is 0.368. The zero-order valence-corrected chi connectivity index (χ0v) is 15.0. The van der Waals surface area contributed by atoms with Crippen molar-refractivity contribution in [1.82, 2.24) is 24.6 Å². The van der Waals surface area contributed by atoms with Crippen LogP contribution in [0.2, 0.25) is 0 Å². The molecule has 0 amide bonds. The quantitative estimate of drug-likeness (QED) is 0.721. The highest BCUT2D eigenvalue weighted by Gasteiger charge is 2.34. The Hall–Kier alpha value is -2.97. The number of aromatic nitrogens is 5. The zero-order valence-electron chi connectivity index (χ0n) is 15.0. The standard InChI is InChI=1S/C19H19F3N6/c1-2-15-14(19(20,21)22)11-23-18(25-15)24-13-7-5-6-12(10-13)17-27-26-16-8-3-4-9-28(16)17/h2-4,8-9,11-13H,1,5-7,10H2,(H,23,24,25)/t12-,13+/m0/s1. The lowest BCUT2D eigenvalue weighted by molar-refractivity contribution is -0.138. The lowest BCUT2D eigenvalue weighted by Gasteiger charge is -2.29. The van der Waals surface area contributed by atoms with Crippen LogP contribution in [0, 0.1) is 0 Å². The number of anilines is 1. The highest BCUT2D eigenvalue weighted by Crippen LogP contribution is 2.34. The van der Waals surface area contributed by atoms with Crippen molar-refractivity contribution in [2.24, 2.45) is 0 Å². The molecule has 0 radical (unpaired) electrons. The van der Waals surface area contributed by atoms with E-state index in [0.717, 1.165) is 49.4 Å². The molecule has 28 heavy (non-hydrogen) atoms. The van der Waals surface area contributed by atoms with Gasteiger partial charge in [-0.15, -0.1) is 10.2 Å². The van der Waals surface area contributed by atoms with Gasteiger partial charge in [-0.1, -0.05) is 19.1 Å². The minimum absolute atomic E-state index is 0.0456. The van der Waals surface area contributed by atoms with Crippen molar-refractivity contribution < 1.29 is 13.2 Å². The fourth-order valence-corrected chi connectivity index (χ4v) is 3.71. The van der Waals surface area contributed by atoms with Gasteiger partial charge in [-0.2, -0.15) is 13.2 Å². The maximum Gasteiger partial charge on any atom is 0.419 e. The molecule has 1 N–H and O–H groups in total. The van der Waals surface area contributed by atoms with E-state index in [-0.39, 0.29) is 23.6 Å². The van der Waals surface area contributed by atoms with Gasteiger partial charge in [0.25, 0.3) is 0 Å². The summed E-state index contributed by atoms with van der Waals surface area (Å²) in [5.74, 6) is 1.29. The summed E-state index contributed by atoms with van der Waals surface area (Å²) in [6, 6.07) is 5.80. The molecule has 9 heteroatoms. The van der Waals surface area contributed by atoms with Gasteiger partial charge < -0.3 is 5.32 Å². The van der Waals surface area contributed by atoms with E-state index in [1.54, 1.807) is 0 Å². The van der Waals surface area contributed by atoms with Gasteiger partial charge in [0.05, 0.1) is 11.3 Å². The average molecular weight is 388 g/mol. The fourth-order valence-electron chi connectivity index (χ4n) is 3.71. The Kier molecular flexibility index (Phi) is 4.74. The van der Waals surface area contributed by atoms with E-state index in [2.05, 4.69) is 32.1 Å². The molecule has 0 unspecified atom stereocenters. The van der Waals surface area contributed by atoms with Crippen LogP contribution in [0.25, 0.3) is 11.7 Å². The van der Waals surface area contributed by atoms with E-state index in [0.29, 0.717) is 0 Å². The third-order valence-corrected chi connectivity index (χ3v) is 5.03. The molecular weight excluding hydrogens is 369 g/mol. The molecule has 1 aliphatic rings. The molecular formula is C19H19F3N6. The largest absolute Gasteiger partial charge is 0.419 e. The maximum absolute atomic E-state index is 13.0. The number of alkyl halides is 3. The Morgan fingerprint density at radius 3 is 2.86 bits per heavy atom. The van der Waals surface area contributed by atoms with Crippen molar-refractivity contribution in [3.63, 3.8) is 0 Å². The first kappa shape index (κ1) is 18.4. The van der Waals surface area contributed by atoms with E-state index < -0.39 is 11.7 Å². The number of nitrogens with zero attached hydrogens (tertiary/aromatic N) is 5. The number of nitrogens with one attached hydrogen (secondary N) is 1. The van der Waals surface area contributed by atoms with Gasteiger partial charge in [0.1, 0.15) is 5.82 Å². The van der Waals surface area contributed by atoms with Gasteiger partial charge in [-0.05, 0) is 37.5 Å². The lowest BCUT2D eigenvalue weighted by atomic mass is 9.85. The second-order valence-corrected chi connectivity index (χ2v) is 6.89. The average Bonchev–Trinajstić information content (AvgIpc) is 3.11. The number of hydrogen-bond donors (Lipinski definition) is 1. The Morgan fingerprint density at radius 2 is 2.07 bits per heavy atom. The molecule has 0 saturated heterocycles. The molecule has 2 atom stereocenters. The minimum atomic E-state index is -4.51. The van der Waals surface area contributed by atoms with Crippen molar-refractivity contribution in [3.05, 3.63) is 54.3 Å². The Labute approximate surface area is 159 Å². The lowest BCUT2D eigenvalue weighted by Crippen LogP contribution is -2.28. The van der Waals surface area contributed by atoms with Crippen molar-refractivity contribution in [3.8, 4) is 0 Å².